The van der Waals surface area contributed by atoms with E-state index in [-0.39, 0.29) is 16.2 Å². The molecular weight excluding hydrogens is 334 g/mol. The number of nitrogens with one attached hydrogen (secondary N) is 1. The van der Waals surface area contributed by atoms with Gasteiger partial charge in [0.05, 0.1) is 5.75 Å². The number of benzene rings is 2. The summed E-state index contributed by atoms with van der Waals surface area (Å²) >= 11 is 1.06. The molecule has 0 aliphatic rings. The number of aromatic nitrogens is 2. The quantitative estimate of drug-likeness (QED) is 0.565. The number of hydrogen-bond acceptors (Lipinski definition) is 4. The van der Waals surface area contributed by atoms with Gasteiger partial charge in [0.15, 0.2) is 0 Å². The zero-order chi connectivity index (χ0) is 16.7. The van der Waals surface area contributed by atoms with Gasteiger partial charge >= 0.3 is 0 Å². The van der Waals surface area contributed by atoms with Crippen LogP contribution in [0, 0.1) is 11.6 Å². The summed E-state index contributed by atoms with van der Waals surface area (Å²) < 4.78 is 32.4. The van der Waals surface area contributed by atoms with Gasteiger partial charge in [0.2, 0.25) is 5.58 Å². The Morgan fingerprint density at radius 3 is 2.88 bits per heavy atom. The minimum absolute atomic E-state index is 0.155. The first kappa shape index (κ1) is 14.9. The van der Waals surface area contributed by atoms with E-state index in [4.69, 9.17) is 4.42 Å². The van der Waals surface area contributed by atoms with Crippen molar-refractivity contribution >= 4 is 33.8 Å². The molecule has 0 fully saturated rings. The maximum atomic E-state index is 13.7. The molecule has 0 spiro atoms. The summed E-state index contributed by atoms with van der Waals surface area (Å²) in [7, 11) is 0. The number of furan rings is 1. The number of H-pyrrole nitrogens is 1. The molecule has 2 heterocycles. The van der Waals surface area contributed by atoms with E-state index in [1.807, 2.05) is 18.2 Å². The van der Waals surface area contributed by atoms with Crippen LogP contribution in [0.25, 0.3) is 22.1 Å². The van der Waals surface area contributed by atoms with Crippen molar-refractivity contribution in [3.05, 3.63) is 70.3 Å². The summed E-state index contributed by atoms with van der Waals surface area (Å²) in [4.78, 5) is 19.4. The van der Waals surface area contributed by atoms with Gasteiger partial charge in [-0.2, -0.15) is 0 Å². The van der Waals surface area contributed by atoms with Crippen molar-refractivity contribution in [3.63, 3.8) is 0 Å². The van der Waals surface area contributed by atoms with Crippen LogP contribution >= 0.6 is 11.8 Å². The van der Waals surface area contributed by atoms with Crippen LogP contribution in [0.4, 0.5) is 8.78 Å². The molecular formula is C17H10F2N2O2S. The van der Waals surface area contributed by atoms with E-state index in [0.29, 0.717) is 16.9 Å². The molecule has 2 aromatic heterocycles. The highest BCUT2D eigenvalue weighted by atomic mass is 32.2. The summed E-state index contributed by atoms with van der Waals surface area (Å²) in [6.07, 6.45) is 0. The lowest BCUT2D eigenvalue weighted by molar-refractivity contribution is 0.577. The van der Waals surface area contributed by atoms with E-state index >= 15 is 0 Å². The standard InChI is InChI=1S/C17H10F2N2O2S/c18-9-5-6-11(19)13(7-9)24-8-14-20-15-10-3-1-2-4-12(10)23-16(15)17(22)21-14/h1-7H,8H2,(H,20,21,22). The lowest BCUT2D eigenvalue weighted by atomic mass is 10.2. The smallest absolute Gasteiger partial charge is 0.294 e. The van der Waals surface area contributed by atoms with Crippen LogP contribution in [0.5, 0.6) is 0 Å². The second-order valence-corrected chi connectivity index (χ2v) is 6.17. The Morgan fingerprint density at radius 2 is 2.00 bits per heavy atom. The molecule has 24 heavy (non-hydrogen) atoms. The monoisotopic (exact) mass is 344 g/mol. The zero-order valence-electron chi connectivity index (χ0n) is 12.2. The van der Waals surface area contributed by atoms with Crippen LogP contribution in [0.15, 0.2) is 56.6 Å². The third-order valence-electron chi connectivity index (χ3n) is 3.54. The Balaban J connectivity index is 1.73. The van der Waals surface area contributed by atoms with Crippen LogP contribution in [0.1, 0.15) is 5.82 Å². The van der Waals surface area contributed by atoms with Crippen LogP contribution in [0.2, 0.25) is 0 Å². The number of nitrogens with zero attached hydrogens (tertiary/aromatic N) is 1. The summed E-state index contributed by atoms with van der Waals surface area (Å²) in [6.45, 7) is 0. The van der Waals surface area contributed by atoms with Crippen LogP contribution in [-0.2, 0) is 5.75 Å². The maximum absolute atomic E-state index is 13.7. The summed E-state index contributed by atoms with van der Waals surface area (Å²) in [5.41, 5.74) is 0.796. The van der Waals surface area contributed by atoms with Crippen molar-refractivity contribution in [2.45, 2.75) is 10.6 Å². The number of para-hydroxylation sites is 1. The second kappa shape index (κ2) is 5.76. The minimum atomic E-state index is -0.517. The van der Waals surface area contributed by atoms with E-state index in [1.54, 1.807) is 6.07 Å². The first-order valence-corrected chi connectivity index (χ1v) is 8.08. The van der Waals surface area contributed by atoms with Crippen molar-refractivity contribution < 1.29 is 13.2 Å². The Labute approximate surface area is 138 Å². The predicted molar refractivity (Wildman–Crippen MR) is 88.1 cm³/mol. The highest BCUT2D eigenvalue weighted by Crippen LogP contribution is 2.27. The zero-order valence-corrected chi connectivity index (χ0v) is 13.0. The van der Waals surface area contributed by atoms with Crippen molar-refractivity contribution in [2.24, 2.45) is 0 Å². The predicted octanol–water partition coefficient (Wildman–Crippen LogP) is 4.24. The topological polar surface area (TPSA) is 58.9 Å². The second-order valence-electron chi connectivity index (χ2n) is 5.15. The Bertz CT molecular complexity index is 1120. The van der Waals surface area contributed by atoms with Gasteiger partial charge < -0.3 is 9.40 Å². The number of hydrogen-bond donors (Lipinski definition) is 1. The largest absolute Gasteiger partial charge is 0.449 e. The molecule has 0 unspecified atom stereocenters. The summed E-state index contributed by atoms with van der Waals surface area (Å²) in [5.74, 6) is -0.464. The van der Waals surface area contributed by atoms with Crippen molar-refractivity contribution in [3.8, 4) is 0 Å². The minimum Gasteiger partial charge on any atom is -0.449 e. The highest BCUT2D eigenvalue weighted by molar-refractivity contribution is 7.98. The van der Waals surface area contributed by atoms with Crippen molar-refractivity contribution in [1.29, 1.82) is 0 Å². The van der Waals surface area contributed by atoms with Gasteiger partial charge in [-0.25, -0.2) is 13.8 Å². The molecule has 7 heteroatoms. The number of halogens is 2. The van der Waals surface area contributed by atoms with E-state index < -0.39 is 17.2 Å². The number of fused-ring (bicyclic) bond motifs is 3. The third kappa shape index (κ3) is 2.56. The molecule has 0 aliphatic heterocycles. The van der Waals surface area contributed by atoms with Crippen LogP contribution in [0.3, 0.4) is 0 Å². The number of aromatic amines is 1. The molecule has 0 bridgehead atoms. The lowest BCUT2D eigenvalue weighted by Gasteiger charge is -2.03. The van der Waals surface area contributed by atoms with Crippen LogP contribution in [-0.4, -0.2) is 9.97 Å². The molecule has 4 rings (SSSR count). The molecule has 2 aromatic carbocycles. The molecule has 120 valence electrons. The Morgan fingerprint density at radius 1 is 1.17 bits per heavy atom. The van der Waals surface area contributed by atoms with E-state index in [2.05, 4.69) is 9.97 Å². The summed E-state index contributed by atoms with van der Waals surface area (Å²) in [5, 5.41) is 0.738. The number of rotatable bonds is 3. The molecule has 4 nitrogen and oxygen atoms in total. The normalized spacial score (nSPS) is 11.4. The highest BCUT2D eigenvalue weighted by Gasteiger charge is 2.13. The van der Waals surface area contributed by atoms with E-state index in [9.17, 15) is 13.6 Å². The van der Waals surface area contributed by atoms with Gasteiger partial charge in [0, 0.05) is 10.3 Å². The average molecular weight is 344 g/mol. The van der Waals surface area contributed by atoms with Gasteiger partial charge in [-0.05, 0) is 30.3 Å². The SMILES string of the molecule is O=c1[nH]c(CSc2cc(F)ccc2F)nc2c1oc1ccccc12. The van der Waals surface area contributed by atoms with Crippen LogP contribution < -0.4 is 5.56 Å². The van der Waals surface area contributed by atoms with Gasteiger partial charge in [-0.15, -0.1) is 11.8 Å². The molecule has 0 aliphatic carbocycles. The molecule has 0 radical (unpaired) electrons. The van der Waals surface area contributed by atoms with E-state index in [1.165, 1.54) is 0 Å². The molecule has 0 saturated heterocycles. The van der Waals surface area contributed by atoms with E-state index in [0.717, 1.165) is 35.3 Å². The fraction of sp³-hybridized carbons (Fsp3) is 0.0588. The molecule has 0 amide bonds. The van der Waals surface area contributed by atoms with Gasteiger partial charge in [-0.1, -0.05) is 12.1 Å². The third-order valence-corrected chi connectivity index (χ3v) is 4.58. The van der Waals surface area contributed by atoms with Crippen molar-refractivity contribution in [2.75, 3.05) is 0 Å². The molecule has 4 aromatic rings. The lowest BCUT2D eigenvalue weighted by Crippen LogP contribution is -2.10. The van der Waals surface area contributed by atoms with Gasteiger partial charge in [-0.3, -0.25) is 4.79 Å². The number of thioether (sulfide) groups is 1. The fourth-order valence-electron chi connectivity index (χ4n) is 2.45. The van der Waals surface area contributed by atoms with Gasteiger partial charge in [0.25, 0.3) is 5.56 Å². The molecule has 0 atom stereocenters. The maximum Gasteiger partial charge on any atom is 0.294 e. The fourth-order valence-corrected chi connectivity index (χ4v) is 3.28. The molecule has 0 saturated carbocycles. The first-order chi connectivity index (χ1) is 11.6. The Kier molecular flexibility index (Phi) is 3.57. The Hall–Kier alpha value is -2.67. The molecule has 1 N–H and O–H groups in total. The first-order valence-electron chi connectivity index (χ1n) is 7.10. The summed E-state index contributed by atoms with van der Waals surface area (Å²) in [6, 6.07) is 10.5. The van der Waals surface area contributed by atoms with Crippen molar-refractivity contribution in [1.82, 2.24) is 9.97 Å². The van der Waals surface area contributed by atoms with Gasteiger partial charge in [0.1, 0.15) is 28.6 Å². The average Bonchev–Trinajstić information content (AvgIpc) is 2.95.